The number of hydrazone groups is 1. The molecule has 28 heavy (non-hydrogen) atoms. The van der Waals surface area contributed by atoms with Crippen molar-refractivity contribution in [2.24, 2.45) is 5.10 Å². The Morgan fingerprint density at radius 3 is 2.71 bits per heavy atom. The van der Waals surface area contributed by atoms with Crippen LogP contribution < -0.4 is 15.1 Å². The van der Waals surface area contributed by atoms with Crippen molar-refractivity contribution >= 4 is 34.5 Å². The van der Waals surface area contributed by atoms with Crippen LogP contribution in [0.2, 0.25) is 0 Å². The van der Waals surface area contributed by atoms with Crippen LogP contribution in [0, 0.1) is 0 Å². The lowest BCUT2D eigenvalue weighted by Gasteiger charge is -2.16. The summed E-state index contributed by atoms with van der Waals surface area (Å²) in [7, 11) is 1.45. The van der Waals surface area contributed by atoms with Crippen LogP contribution in [0.1, 0.15) is 15.9 Å². The van der Waals surface area contributed by atoms with Gasteiger partial charge in [-0.25, -0.2) is 5.43 Å². The number of hydrogen-bond acceptors (Lipinski definition) is 5. The van der Waals surface area contributed by atoms with Gasteiger partial charge in [-0.2, -0.15) is 5.10 Å². The molecule has 7 heteroatoms. The molecule has 1 heterocycles. The lowest BCUT2D eigenvalue weighted by atomic mass is 10.1. The molecule has 0 spiro atoms. The van der Waals surface area contributed by atoms with Crippen molar-refractivity contribution in [2.75, 3.05) is 18.6 Å². The third-order valence-corrected chi connectivity index (χ3v) is 4.59. The molecule has 2 amide bonds. The van der Waals surface area contributed by atoms with Crippen LogP contribution in [-0.2, 0) is 4.79 Å². The van der Waals surface area contributed by atoms with Gasteiger partial charge in [0.05, 0.1) is 19.0 Å². The number of para-hydroxylation sites is 1. The molecule has 0 radical (unpaired) electrons. The average Bonchev–Trinajstić information content (AvgIpc) is 2.97. The van der Waals surface area contributed by atoms with E-state index < -0.39 is 5.91 Å². The topological polar surface area (TPSA) is 91.2 Å². The molecule has 7 nitrogen and oxygen atoms in total. The average molecular weight is 375 g/mol. The van der Waals surface area contributed by atoms with Gasteiger partial charge in [-0.1, -0.05) is 30.3 Å². The number of phenolic OH excluding ortho intramolecular Hbond substituents is 1. The summed E-state index contributed by atoms with van der Waals surface area (Å²) in [6.45, 7) is -0.159. The first-order chi connectivity index (χ1) is 13.6. The van der Waals surface area contributed by atoms with E-state index in [0.29, 0.717) is 22.6 Å². The second kappa shape index (κ2) is 7.03. The number of hydrogen-bond donors (Lipinski definition) is 2. The van der Waals surface area contributed by atoms with Crippen molar-refractivity contribution in [3.63, 3.8) is 0 Å². The van der Waals surface area contributed by atoms with Gasteiger partial charge in [0.1, 0.15) is 6.54 Å². The Bertz CT molecular complexity index is 1120. The SMILES string of the molecule is COc1cccc(/C=N\NC(=O)CN2C(=O)c3cccc4cccc2c34)c1O. The van der Waals surface area contributed by atoms with Crippen molar-refractivity contribution in [3.8, 4) is 11.5 Å². The van der Waals surface area contributed by atoms with E-state index in [1.807, 2.05) is 30.3 Å². The summed E-state index contributed by atoms with van der Waals surface area (Å²) in [5.74, 6) is -0.420. The Morgan fingerprint density at radius 1 is 1.18 bits per heavy atom. The normalized spacial score (nSPS) is 12.8. The third kappa shape index (κ3) is 2.92. The first-order valence-electron chi connectivity index (χ1n) is 8.61. The molecule has 0 aliphatic carbocycles. The fraction of sp³-hybridized carbons (Fsp3) is 0.0952. The molecule has 0 bridgehead atoms. The molecule has 3 aromatic rings. The van der Waals surface area contributed by atoms with E-state index in [2.05, 4.69) is 10.5 Å². The van der Waals surface area contributed by atoms with E-state index in [-0.39, 0.29) is 18.2 Å². The highest BCUT2D eigenvalue weighted by Crippen LogP contribution is 2.36. The Morgan fingerprint density at radius 2 is 1.93 bits per heavy atom. The lowest BCUT2D eigenvalue weighted by Crippen LogP contribution is -2.37. The molecule has 0 fully saturated rings. The van der Waals surface area contributed by atoms with E-state index in [9.17, 15) is 14.7 Å². The summed E-state index contributed by atoms with van der Waals surface area (Å²) in [6, 6.07) is 16.1. The Balaban J connectivity index is 1.48. The minimum absolute atomic E-state index is 0.0696. The Labute approximate surface area is 160 Å². The lowest BCUT2D eigenvalue weighted by molar-refractivity contribution is -0.119. The van der Waals surface area contributed by atoms with Crippen LogP contribution in [0.5, 0.6) is 11.5 Å². The molecule has 0 unspecified atom stereocenters. The number of benzene rings is 3. The van der Waals surface area contributed by atoms with Gasteiger partial charge in [-0.15, -0.1) is 0 Å². The van der Waals surface area contributed by atoms with E-state index in [4.69, 9.17) is 4.74 Å². The molecule has 0 saturated heterocycles. The number of anilines is 1. The van der Waals surface area contributed by atoms with Gasteiger partial charge < -0.3 is 9.84 Å². The highest BCUT2D eigenvalue weighted by Gasteiger charge is 2.30. The predicted octanol–water partition coefficient (Wildman–Crippen LogP) is 2.66. The molecule has 0 saturated carbocycles. The number of carbonyl (C=O) groups is 2. The monoisotopic (exact) mass is 375 g/mol. The molecule has 140 valence electrons. The highest BCUT2D eigenvalue weighted by atomic mass is 16.5. The van der Waals surface area contributed by atoms with Gasteiger partial charge >= 0.3 is 0 Å². The predicted molar refractivity (Wildman–Crippen MR) is 106 cm³/mol. The molecule has 4 rings (SSSR count). The second-order valence-electron chi connectivity index (χ2n) is 6.26. The quantitative estimate of drug-likeness (QED) is 0.530. The number of rotatable bonds is 5. The van der Waals surface area contributed by atoms with E-state index >= 15 is 0 Å². The summed E-state index contributed by atoms with van der Waals surface area (Å²) < 4.78 is 5.03. The maximum Gasteiger partial charge on any atom is 0.260 e. The summed E-state index contributed by atoms with van der Waals surface area (Å²) in [5.41, 5.74) is 4.08. The number of nitrogens with one attached hydrogen (secondary N) is 1. The molecule has 3 aromatic carbocycles. The summed E-state index contributed by atoms with van der Waals surface area (Å²) >= 11 is 0. The fourth-order valence-electron chi connectivity index (χ4n) is 3.30. The molecule has 1 aliphatic heterocycles. The van der Waals surface area contributed by atoms with Gasteiger partial charge in [0.2, 0.25) is 0 Å². The zero-order valence-corrected chi connectivity index (χ0v) is 15.0. The maximum atomic E-state index is 12.7. The first kappa shape index (κ1) is 17.5. The fourth-order valence-corrected chi connectivity index (χ4v) is 3.30. The van der Waals surface area contributed by atoms with Crippen molar-refractivity contribution < 1.29 is 19.4 Å². The van der Waals surface area contributed by atoms with Crippen LogP contribution in [-0.4, -0.2) is 36.8 Å². The van der Waals surface area contributed by atoms with Crippen LogP contribution >= 0.6 is 0 Å². The number of nitrogens with zero attached hydrogens (tertiary/aromatic N) is 2. The first-order valence-corrected chi connectivity index (χ1v) is 8.61. The third-order valence-electron chi connectivity index (χ3n) is 4.59. The Hall–Kier alpha value is -3.87. The summed E-state index contributed by atoms with van der Waals surface area (Å²) in [4.78, 5) is 26.4. The van der Waals surface area contributed by atoms with Crippen LogP contribution in [0.15, 0.2) is 59.7 Å². The maximum absolute atomic E-state index is 12.7. The molecule has 2 N–H and O–H groups in total. The molecular weight excluding hydrogens is 358 g/mol. The minimum Gasteiger partial charge on any atom is -0.504 e. The minimum atomic E-state index is -0.447. The standard InChI is InChI=1S/C21H17N3O4/c1-28-17-10-4-7-14(20(17)26)11-22-23-18(25)12-24-16-9-3-6-13-5-2-8-15(19(13)16)21(24)27/h2-11,26H,12H2,1H3,(H,23,25)/b22-11-. The van der Waals surface area contributed by atoms with E-state index in [1.165, 1.54) is 18.2 Å². The number of aromatic hydroxyl groups is 1. The van der Waals surface area contributed by atoms with Gasteiger partial charge in [-0.05, 0) is 29.7 Å². The van der Waals surface area contributed by atoms with E-state index in [1.54, 1.807) is 24.3 Å². The Kier molecular flexibility index (Phi) is 4.41. The zero-order chi connectivity index (χ0) is 19.7. The number of phenols is 1. The van der Waals surface area contributed by atoms with Crippen molar-refractivity contribution in [2.45, 2.75) is 0 Å². The smallest absolute Gasteiger partial charge is 0.260 e. The van der Waals surface area contributed by atoms with Crippen LogP contribution in [0.4, 0.5) is 5.69 Å². The second-order valence-corrected chi connectivity index (χ2v) is 6.26. The van der Waals surface area contributed by atoms with Gasteiger partial charge in [0.15, 0.2) is 11.5 Å². The van der Waals surface area contributed by atoms with Gasteiger partial charge in [0, 0.05) is 16.5 Å². The number of methoxy groups -OCH3 is 1. The summed E-state index contributed by atoms with van der Waals surface area (Å²) in [5, 5.41) is 15.7. The molecule has 1 aliphatic rings. The molecular formula is C21H17N3O4. The summed E-state index contributed by atoms with van der Waals surface area (Å²) in [6.07, 6.45) is 1.32. The van der Waals surface area contributed by atoms with Gasteiger partial charge in [0.25, 0.3) is 11.8 Å². The molecule has 0 aromatic heterocycles. The zero-order valence-electron chi connectivity index (χ0n) is 15.0. The van der Waals surface area contributed by atoms with Gasteiger partial charge in [-0.3, -0.25) is 14.5 Å². The largest absolute Gasteiger partial charge is 0.504 e. The van der Waals surface area contributed by atoms with Crippen LogP contribution in [0.25, 0.3) is 10.8 Å². The van der Waals surface area contributed by atoms with E-state index in [0.717, 1.165) is 10.8 Å². The number of ether oxygens (including phenoxy) is 1. The number of amides is 2. The van der Waals surface area contributed by atoms with Crippen molar-refractivity contribution in [1.29, 1.82) is 0 Å². The number of carbonyl (C=O) groups excluding carboxylic acids is 2. The highest BCUT2D eigenvalue weighted by molar-refractivity contribution is 6.26. The van der Waals surface area contributed by atoms with Crippen molar-refractivity contribution in [3.05, 3.63) is 65.7 Å². The van der Waals surface area contributed by atoms with Crippen LogP contribution in [0.3, 0.4) is 0 Å². The van der Waals surface area contributed by atoms with Crippen molar-refractivity contribution in [1.82, 2.24) is 5.43 Å². The molecule has 0 atom stereocenters.